The van der Waals surface area contributed by atoms with E-state index in [0.717, 1.165) is 0 Å². The average Bonchev–Trinajstić information content (AvgIpc) is 2.71. The quantitative estimate of drug-likeness (QED) is 0.684. The van der Waals surface area contributed by atoms with E-state index in [1.165, 1.54) is 20.3 Å². The highest BCUT2D eigenvalue weighted by Gasteiger charge is 2.26. The van der Waals surface area contributed by atoms with Crippen molar-refractivity contribution in [3.63, 3.8) is 0 Å². The Morgan fingerprint density at radius 1 is 0.963 bits per heavy atom. The number of carbonyl (C=O) groups is 3. The van der Waals surface area contributed by atoms with Crippen molar-refractivity contribution in [1.29, 1.82) is 0 Å². The number of rotatable bonds is 6. The van der Waals surface area contributed by atoms with Crippen molar-refractivity contribution in [1.82, 2.24) is 9.80 Å². The van der Waals surface area contributed by atoms with Crippen LogP contribution in [-0.4, -0.2) is 81.4 Å². The smallest absolute Gasteiger partial charge is 0.409 e. The van der Waals surface area contributed by atoms with Crippen LogP contribution < -0.4 is 9.47 Å². The van der Waals surface area contributed by atoms with E-state index in [4.69, 9.17) is 18.9 Å². The molecule has 0 saturated carbocycles. The Morgan fingerprint density at radius 3 is 2.22 bits per heavy atom. The second-order valence-corrected chi connectivity index (χ2v) is 5.68. The van der Waals surface area contributed by atoms with E-state index in [2.05, 4.69) is 0 Å². The maximum atomic E-state index is 12.3. The monoisotopic (exact) mass is 380 g/mol. The van der Waals surface area contributed by atoms with Crippen LogP contribution in [0.2, 0.25) is 0 Å². The molecule has 0 spiro atoms. The van der Waals surface area contributed by atoms with Gasteiger partial charge in [0.15, 0.2) is 18.1 Å². The van der Waals surface area contributed by atoms with Gasteiger partial charge >= 0.3 is 12.1 Å². The molecule has 0 bridgehead atoms. The molecule has 148 valence electrons. The van der Waals surface area contributed by atoms with Crippen molar-refractivity contribution in [2.45, 2.75) is 6.92 Å². The summed E-state index contributed by atoms with van der Waals surface area (Å²) in [5.41, 5.74) is 0.178. The Morgan fingerprint density at radius 2 is 1.63 bits per heavy atom. The lowest BCUT2D eigenvalue weighted by atomic mass is 10.2. The van der Waals surface area contributed by atoms with Gasteiger partial charge in [0.25, 0.3) is 5.91 Å². The topological polar surface area (TPSA) is 94.6 Å². The zero-order chi connectivity index (χ0) is 19.8. The third-order valence-electron chi connectivity index (χ3n) is 4.11. The van der Waals surface area contributed by atoms with Gasteiger partial charge in [-0.15, -0.1) is 0 Å². The molecule has 0 aromatic heterocycles. The zero-order valence-corrected chi connectivity index (χ0v) is 15.7. The summed E-state index contributed by atoms with van der Waals surface area (Å²) in [7, 11) is 2.88. The average molecular weight is 380 g/mol. The van der Waals surface area contributed by atoms with Crippen molar-refractivity contribution in [3.8, 4) is 11.5 Å². The minimum atomic E-state index is -0.677. The van der Waals surface area contributed by atoms with Gasteiger partial charge in [-0.1, -0.05) is 6.07 Å². The highest BCUT2D eigenvalue weighted by Crippen LogP contribution is 2.31. The summed E-state index contributed by atoms with van der Waals surface area (Å²) in [6.07, 6.45) is -0.388. The van der Waals surface area contributed by atoms with Crippen LogP contribution in [0.4, 0.5) is 4.79 Å². The van der Waals surface area contributed by atoms with E-state index >= 15 is 0 Å². The number of amides is 2. The predicted octanol–water partition coefficient (Wildman–Crippen LogP) is 1.16. The summed E-state index contributed by atoms with van der Waals surface area (Å²) in [5.74, 6) is -0.355. The molecule has 27 heavy (non-hydrogen) atoms. The normalized spacial score (nSPS) is 13.7. The van der Waals surface area contributed by atoms with E-state index in [9.17, 15) is 14.4 Å². The molecule has 1 aliphatic rings. The molecular formula is C18H24N2O7. The Hall–Kier alpha value is -2.97. The van der Waals surface area contributed by atoms with Crippen LogP contribution in [0.3, 0.4) is 0 Å². The lowest BCUT2D eigenvalue weighted by Crippen LogP contribution is -2.51. The molecule has 2 amide bonds. The number of benzene rings is 1. The van der Waals surface area contributed by atoms with Gasteiger partial charge in [0.05, 0.1) is 20.8 Å². The fourth-order valence-electron chi connectivity index (χ4n) is 2.70. The van der Waals surface area contributed by atoms with Gasteiger partial charge in [0.2, 0.25) is 0 Å². The number of hydrogen-bond acceptors (Lipinski definition) is 7. The first-order chi connectivity index (χ1) is 13.0. The second-order valence-electron chi connectivity index (χ2n) is 5.68. The van der Waals surface area contributed by atoms with E-state index in [0.29, 0.717) is 38.5 Å². The molecule has 0 atom stereocenters. The summed E-state index contributed by atoms with van der Waals surface area (Å²) in [6, 6.07) is 4.82. The highest BCUT2D eigenvalue weighted by molar-refractivity contribution is 5.95. The third-order valence-corrected chi connectivity index (χ3v) is 4.11. The maximum Gasteiger partial charge on any atom is 0.409 e. The first-order valence-corrected chi connectivity index (χ1v) is 8.59. The summed E-state index contributed by atoms with van der Waals surface area (Å²) >= 11 is 0. The number of nitrogens with zero attached hydrogens (tertiary/aromatic N) is 2. The van der Waals surface area contributed by atoms with Gasteiger partial charge in [-0.2, -0.15) is 0 Å². The third kappa shape index (κ3) is 5.02. The van der Waals surface area contributed by atoms with Gasteiger partial charge in [0, 0.05) is 26.2 Å². The lowest BCUT2D eigenvalue weighted by molar-refractivity contribution is -0.136. The van der Waals surface area contributed by atoms with E-state index in [1.54, 1.807) is 28.9 Å². The first kappa shape index (κ1) is 20.3. The van der Waals surface area contributed by atoms with Crippen LogP contribution in [-0.2, 0) is 14.3 Å². The van der Waals surface area contributed by atoms with Crippen molar-refractivity contribution in [2.75, 3.05) is 53.6 Å². The van der Waals surface area contributed by atoms with Crippen LogP contribution in [0.1, 0.15) is 17.3 Å². The number of esters is 1. The van der Waals surface area contributed by atoms with Crippen LogP contribution in [0, 0.1) is 0 Å². The highest BCUT2D eigenvalue weighted by atomic mass is 16.6. The minimum Gasteiger partial charge on any atom is -0.493 e. The molecule has 1 aromatic carbocycles. The minimum absolute atomic E-state index is 0.178. The van der Waals surface area contributed by atoms with Crippen LogP contribution in [0.25, 0.3) is 0 Å². The standard InChI is InChI=1S/C18H24N2O7/c1-4-26-18(23)20-10-8-19(9-11-20)15(21)12-27-17(22)13-6-5-7-14(24-2)16(13)25-3/h5-7H,4,8-12H2,1-3H3. The number of piperazine rings is 1. The van der Waals surface area contributed by atoms with Gasteiger partial charge in [0.1, 0.15) is 5.56 Å². The van der Waals surface area contributed by atoms with E-state index < -0.39 is 12.6 Å². The number of hydrogen-bond donors (Lipinski definition) is 0. The van der Waals surface area contributed by atoms with Gasteiger partial charge in [-0.3, -0.25) is 4.79 Å². The first-order valence-electron chi connectivity index (χ1n) is 8.59. The molecule has 1 saturated heterocycles. The number of para-hydroxylation sites is 1. The number of ether oxygens (including phenoxy) is 4. The molecule has 0 radical (unpaired) electrons. The molecule has 1 heterocycles. The van der Waals surface area contributed by atoms with Crippen molar-refractivity contribution in [3.05, 3.63) is 23.8 Å². The Bertz CT molecular complexity index is 684. The number of methoxy groups -OCH3 is 2. The molecule has 1 aliphatic heterocycles. The van der Waals surface area contributed by atoms with Gasteiger partial charge < -0.3 is 28.7 Å². The van der Waals surface area contributed by atoms with Crippen LogP contribution >= 0.6 is 0 Å². The second kappa shape index (κ2) is 9.65. The van der Waals surface area contributed by atoms with Crippen LogP contribution in [0.5, 0.6) is 11.5 Å². The fourth-order valence-corrected chi connectivity index (χ4v) is 2.70. The summed E-state index contributed by atoms with van der Waals surface area (Å²) in [4.78, 5) is 39.3. The molecule has 0 N–H and O–H groups in total. The summed E-state index contributed by atoms with van der Waals surface area (Å²) < 4.78 is 20.4. The molecule has 1 aromatic rings. The molecular weight excluding hydrogens is 356 g/mol. The molecule has 9 heteroatoms. The van der Waals surface area contributed by atoms with Crippen molar-refractivity contribution >= 4 is 18.0 Å². The zero-order valence-electron chi connectivity index (χ0n) is 15.7. The maximum absolute atomic E-state index is 12.3. The van der Waals surface area contributed by atoms with E-state index in [-0.39, 0.29) is 23.3 Å². The van der Waals surface area contributed by atoms with Crippen molar-refractivity contribution in [2.24, 2.45) is 0 Å². The predicted molar refractivity (Wildman–Crippen MR) is 95.0 cm³/mol. The van der Waals surface area contributed by atoms with Gasteiger partial charge in [-0.25, -0.2) is 9.59 Å². The van der Waals surface area contributed by atoms with Crippen LogP contribution in [0.15, 0.2) is 18.2 Å². The fraction of sp³-hybridized carbons (Fsp3) is 0.500. The summed E-state index contributed by atoms with van der Waals surface area (Å²) in [5, 5.41) is 0. The van der Waals surface area contributed by atoms with Gasteiger partial charge in [-0.05, 0) is 19.1 Å². The Kier molecular flexibility index (Phi) is 7.27. The number of carbonyl (C=O) groups excluding carboxylic acids is 3. The largest absolute Gasteiger partial charge is 0.493 e. The van der Waals surface area contributed by atoms with Crippen molar-refractivity contribution < 1.29 is 33.3 Å². The van der Waals surface area contributed by atoms with E-state index in [1.807, 2.05) is 0 Å². The molecule has 0 aliphatic carbocycles. The molecule has 9 nitrogen and oxygen atoms in total. The molecule has 0 unspecified atom stereocenters. The Balaban J connectivity index is 1.88. The Labute approximate surface area is 157 Å². The molecule has 1 fully saturated rings. The summed E-state index contributed by atoms with van der Waals surface area (Å²) in [6.45, 7) is 3.13. The SMILES string of the molecule is CCOC(=O)N1CCN(C(=O)COC(=O)c2cccc(OC)c2OC)CC1. The lowest BCUT2D eigenvalue weighted by Gasteiger charge is -2.33. The molecule has 2 rings (SSSR count).